The maximum atomic E-state index is 13.2. The second kappa shape index (κ2) is 8.30. The summed E-state index contributed by atoms with van der Waals surface area (Å²) in [6, 6.07) is 0. The van der Waals surface area contributed by atoms with Crippen LogP contribution in [0.15, 0.2) is 12.2 Å². The van der Waals surface area contributed by atoms with Crippen molar-refractivity contribution in [3.63, 3.8) is 0 Å². The third-order valence-corrected chi connectivity index (χ3v) is 10.2. The molecule has 29 heavy (non-hydrogen) atoms. The van der Waals surface area contributed by atoms with E-state index in [9.17, 15) is 4.79 Å². The molecule has 0 aromatic carbocycles. The van der Waals surface area contributed by atoms with Crippen LogP contribution in [0.4, 0.5) is 0 Å². The van der Waals surface area contributed by atoms with Crippen LogP contribution in [0.1, 0.15) is 91.4 Å². The van der Waals surface area contributed by atoms with E-state index in [1.165, 1.54) is 44.9 Å². The smallest absolute Gasteiger partial charge is 0.179 e. The van der Waals surface area contributed by atoms with E-state index in [0.717, 1.165) is 43.4 Å². The van der Waals surface area contributed by atoms with Crippen molar-refractivity contribution < 1.29 is 9.53 Å². The lowest BCUT2D eigenvalue weighted by Gasteiger charge is -2.60. The Morgan fingerprint density at radius 2 is 1.86 bits per heavy atom. The van der Waals surface area contributed by atoms with Crippen LogP contribution in [0.25, 0.3) is 0 Å². The molecule has 0 aliphatic heterocycles. The van der Waals surface area contributed by atoms with Gasteiger partial charge in [-0.15, -0.1) is 11.6 Å². The fraction of sp³-hybridized carbons (Fsp3) is 0.885. The lowest BCUT2D eigenvalue weighted by molar-refractivity contribution is -0.178. The molecule has 0 aromatic rings. The standard InChI is InChI=1S/C26H41ClO2/c1-4-5-8-17-29-26(23(28)18-27)16-13-22-20-11-10-19-9-6-7-14-24(19,2)21(20)12-15-25(22,26)3/h7,14,19-22H,4-6,8-13,15-18H2,1-3H3/t19?,20-,21+,22+,24+,25+,26+/m1/s1. The van der Waals surface area contributed by atoms with Crippen LogP contribution < -0.4 is 0 Å². The molecule has 164 valence electrons. The summed E-state index contributed by atoms with van der Waals surface area (Å²) in [5, 5.41) is 0. The fourth-order valence-electron chi connectivity index (χ4n) is 8.30. The van der Waals surface area contributed by atoms with Gasteiger partial charge in [0.2, 0.25) is 0 Å². The van der Waals surface area contributed by atoms with E-state index < -0.39 is 5.60 Å². The molecule has 3 heteroatoms. The van der Waals surface area contributed by atoms with E-state index in [1.54, 1.807) is 0 Å². The highest BCUT2D eigenvalue weighted by atomic mass is 35.5. The van der Waals surface area contributed by atoms with Crippen LogP contribution in [0.5, 0.6) is 0 Å². The minimum Gasteiger partial charge on any atom is -0.367 e. The highest BCUT2D eigenvalue weighted by Gasteiger charge is 2.67. The van der Waals surface area contributed by atoms with Gasteiger partial charge < -0.3 is 4.74 Å². The van der Waals surface area contributed by atoms with E-state index in [1.807, 2.05) is 0 Å². The van der Waals surface area contributed by atoms with Crippen LogP contribution in [0.2, 0.25) is 0 Å². The molecule has 4 aliphatic carbocycles. The van der Waals surface area contributed by atoms with Crippen LogP contribution in [0.3, 0.4) is 0 Å². The maximum Gasteiger partial charge on any atom is 0.179 e. The number of hydrogen-bond acceptors (Lipinski definition) is 2. The molecule has 1 unspecified atom stereocenters. The second-order valence-corrected chi connectivity index (χ2v) is 11.2. The van der Waals surface area contributed by atoms with Gasteiger partial charge in [0.15, 0.2) is 5.78 Å². The average Bonchev–Trinajstić information content (AvgIpc) is 3.03. The van der Waals surface area contributed by atoms with E-state index in [4.69, 9.17) is 16.3 Å². The Kier molecular flexibility index (Phi) is 6.26. The minimum atomic E-state index is -0.641. The van der Waals surface area contributed by atoms with Gasteiger partial charge in [0, 0.05) is 12.0 Å². The van der Waals surface area contributed by atoms with Crippen LogP contribution in [-0.2, 0) is 9.53 Å². The number of ketones is 1. The molecule has 0 spiro atoms. The van der Waals surface area contributed by atoms with Crippen LogP contribution >= 0.6 is 11.6 Å². The molecule has 2 nitrogen and oxygen atoms in total. The molecule has 0 bridgehead atoms. The Balaban J connectivity index is 1.61. The van der Waals surface area contributed by atoms with Crippen molar-refractivity contribution in [3.8, 4) is 0 Å². The molecule has 0 radical (unpaired) electrons. The molecular weight excluding hydrogens is 380 g/mol. The van der Waals surface area contributed by atoms with Gasteiger partial charge in [-0.1, -0.05) is 45.8 Å². The highest BCUT2D eigenvalue weighted by Crippen LogP contribution is 2.68. The molecule has 4 rings (SSSR count). The third-order valence-electron chi connectivity index (χ3n) is 9.91. The summed E-state index contributed by atoms with van der Waals surface area (Å²) in [5.74, 6) is 3.22. The number of carbonyl (C=O) groups excluding carboxylic acids is 1. The lowest BCUT2D eigenvalue weighted by atomic mass is 9.45. The van der Waals surface area contributed by atoms with Crippen molar-refractivity contribution in [2.45, 2.75) is 97.0 Å². The lowest BCUT2D eigenvalue weighted by Crippen LogP contribution is -2.59. The number of Topliss-reactive ketones (excluding diaryl/α,β-unsaturated/α-hetero) is 1. The predicted octanol–water partition coefficient (Wildman–Crippen LogP) is 6.95. The first-order chi connectivity index (χ1) is 13.9. The Morgan fingerprint density at radius 1 is 1.07 bits per heavy atom. The Bertz CT molecular complexity index is 645. The van der Waals surface area contributed by atoms with E-state index >= 15 is 0 Å². The summed E-state index contributed by atoms with van der Waals surface area (Å²) in [6.07, 6.45) is 18.1. The molecule has 7 atom stereocenters. The van der Waals surface area contributed by atoms with E-state index in [2.05, 4.69) is 32.9 Å². The highest BCUT2D eigenvalue weighted by molar-refractivity contribution is 6.29. The molecule has 0 N–H and O–H groups in total. The minimum absolute atomic E-state index is 0.0477. The van der Waals surface area contributed by atoms with Gasteiger partial charge in [-0.05, 0) is 86.9 Å². The topological polar surface area (TPSA) is 26.3 Å². The third kappa shape index (κ3) is 3.27. The Morgan fingerprint density at radius 3 is 2.62 bits per heavy atom. The molecule has 3 saturated carbocycles. The summed E-state index contributed by atoms with van der Waals surface area (Å²) in [6.45, 7) is 7.84. The predicted molar refractivity (Wildman–Crippen MR) is 120 cm³/mol. The number of alkyl halides is 1. The van der Waals surface area contributed by atoms with Crippen molar-refractivity contribution >= 4 is 17.4 Å². The van der Waals surface area contributed by atoms with Crippen LogP contribution in [-0.4, -0.2) is 23.9 Å². The average molecular weight is 421 g/mol. The molecular formula is C26H41ClO2. The maximum absolute atomic E-state index is 13.2. The molecule has 0 saturated heterocycles. The van der Waals surface area contributed by atoms with Gasteiger partial charge in [-0.25, -0.2) is 0 Å². The number of rotatable bonds is 7. The second-order valence-electron chi connectivity index (χ2n) is 10.9. The summed E-state index contributed by atoms with van der Waals surface area (Å²) >= 11 is 6.17. The number of fused-ring (bicyclic) bond motifs is 5. The van der Waals surface area contributed by atoms with Crippen LogP contribution in [0, 0.1) is 34.5 Å². The van der Waals surface area contributed by atoms with Gasteiger partial charge in [0.25, 0.3) is 0 Å². The summed E-state index contributed by atoms with van der Waals surface area (Å²) in [5.41, 5.74) is -0.321. The quantitative estimate of drug-likeness (QED) is 0.253. The SMILES string of the molecule is CCCCCO[C@]1(C(=O)CCl)CC[C@H]2[C@@H]3CCC4CCC=C[C@]4(C)[C@H]3CC[C@@]21C. The zero-order chi connectivity index (χ0) is 20.7. The van der Waals surface area contributed by atoms with Crippen molar-refractivity contribution in [2.24, 2.45) is 34.5 Å². The Hall–Kier alpha value is -0.340. The Labute approximate surface area is 183 Å². The number of hydrogen-bond donors (Lipinski definition) is 0. The van der Waals surface area contributed by atoms with E-state index in [-0.39, 0.29) is 17.1 Å². The van der Waals surface area contributed by atoms with Gasteiger partial charge >= 0.3 is 0 Å². The zero-order valence-electron chi connectivity index (χ0n) is 18.9. The van der Waals surface area contributed by atoms with E-state index in [0.29, 0.717) is 17.9 Å². The first-order valence-electron chi connectivity index (χ1n) is 12.3. The first kappa shape index (κ1) is 21.9. The molecule has 4 aliphatic rings. The number of carbonyl (C=O) groups is 1. The monoisotopic (exact) mass is 420 g/mol. The van der Waals surface area contributed by atoms with Crippen molar-refractivity contribution in [1.82, 2.24) is 0 Å². The largest absolute Gasteiger partial charge is 0.367 e. The van der Waals surface area contributed by atoms with Crippen molar-refractivity contribution in [1.29, 1.82) is 0 Å². The molecule has 0 heterocycles. The number of halogens is 1. The first-order valence-corrected chi connectivity index (χ1v) is 12.9. The van der Waals surface area contributed by atoms with Crippen molar-refractivity contribution in [2.75, 3.05) is 12.5 Å². The van der Waals surface area contributed by atoms with Gasteiger partial charge in [0.1, 0.15) is 5.60 Å². The summed E-state index contributed by atoms with van der Waals surface area (Å²) < 4.78 is 6.58. The molecule has 3 fully saturated rings. The zero-order valence-corrected chi connectivity index (χ0v) is 19.6. The molecule has 0 aromatic heterocycles. The molecule has 0 amide bonds. The fourth-order valence-corrected chi connectivity index (χ4v) is 8.52. The summed E-state index contributed by atoms with van der Waals surface area (Å²) in [7, 11) is 0. The number of allylic oxidation sites excluding steroid dienone is 2. The van der Waals surface area contributed by atoms with Crippen molar-refractivity contribution in [3.05, 3.63) is 12.2 Å². The number of ether oxygens (including phenoxy) is 1. The summed E-state index contributed by atoms with van der Waals surface area (Å²) in [4.78, 5) is 13.2. The van der Waals surface area contributed by atoms with Gasteiger partial charge in [-0.3, -0.25) is 4.79 Å². The normalized spacial score (nSPS) is 46.1. The number of unbranched alkanes of at least 4 members (excludes halogenated alkanes) is 2. The van der Waals surface area contributed by atoms with Gasteiger partial charge in [-0.2, -0.15) is 0 Å². The van der Waals surface area contributed by atoms with Gasteiger partial charge in [0.05, 0.1) is 5.88 Å².